The highest BCUT2D eigenvalue weighted by atomic mass is 32.2. The standard InChI is InChI=1S/C16H27FN2O2S/c1-12(2)13-7-9-14(10-8-13)15(11-16(3,4)17)19(6)22(20,21)18-5/h7-10,12,15,18H,11H2,1-6H3. The van der Waals surface area contributed by atoms with Crippen molar-refractivity contribution in [1.82, 2.24) is 9.03 Å². The maximum atomic E-state index is 14.1. The Balaban J connectivity index is 3.20. The summed E-state index contributed by atoms with van der Waals surface area (Å²) >= 11 is 0. The van der Waals surface area contributed by atoms with Gasteiger partial charge in [0.25, 0.3) is 10.2 Å². The van der Waals surface area contributed by atoms with Crippen LogP contribution in [0.3, 0.4) is 0 Å². The third-order valence-electron chi connectivity index (χ3n) is 3.74. The van der Waals surface area contributed by atoms with Gasteiger partial charge in [-0.05, 0) is 30.9 Å². The van der Waals surface area contributed by atoms with Crippen molar-refractivity contribution < 1.29 is 12.8 Å². The highest BCUT2D eigenvalue weighted by Gasteiger charge is 2.32. The van der Waals surface area contributed by atoms with Gasteiger partial charge < -0.3 is 0 Å². The molecule has 0 aliphatic heterocycles. The van der Waals surface area contributed by atoms with Gasteiger partial charge in [0.2, 0.25) is 0 Å². The van der Waals surface area contributed by atoms with E-state index in [-0.39, 0.29) is 6.42 Å². The first-order chi connectivity index (χ1) is 9.98. The zero-order valence-corrected chi connectivity index (χ0v) is 15.0. The molecule has 1 unspecified atom stereocenters. The first kappa shape index (κ1) is 19.1. The van der Waals surface area contributed by atoms with E-state index in [9.17, 15) is 12.8 Å². The second-order valence-electron chi connectivity index (χ2n) is 6.49. The Morgan fingerprint density at radius 1 is 1.18 bits per heavy atom. The average Bonchev–Trinajstić information content (AvgIpc) is 2.43. The second-order valence-corrected chi connectivity index (χ2v) is 8.42. The van der Waals surface area contributed by atoms with Crippen LogP contribution in [0.1, 0.15) is 57.2 Å². The van der Waals surface area contributed by atoms with Crippen LogP contribution < -0.4 is 4.72 Å². The second kappa shape index (κ2) is 7.06. The molecule has 1 aromatic rings. The van der Waals surface area contributed by atoms with Crippen molar-refractivity contribution in [3.8, 4) is 0 Å². The van der Waals surface area contributed by atoms with Crippen molar-refractivity contribution in [2.45, 2.75) is 51.7 Å². The third kappa shape index (κ3) is 5.04. The molecule has 0 aliphatic rings. The molecular weight excluding hydrogens is 303 g/mol. The van der Waals surface area contributed by atoms with Crippen LogP contribution in [0.5, 0.6) is 0 Å². The van der Waals surface area contributed by atoms with Crippen LogP contribution in [0.4, 0.5) is 4.39 Å². The molecule has 4 nitrogen and oxygen atoms in total. The molecule has 0 radical (unpaired) electrons. The molecule has 0 bridgehead atoms. The summed E-state index contributed by atoms with van der Waals surface area (Å²) in [5, 5.41) is 0. The predicted octanol–water partition coefficient (Wildman–Crippen LogP) is 3.39. The number of hydrogen-bond acceptors (Lipinski definition) is 2. The van der Waals surface area contributed by atoms with Gasteiger partial charge in [-0.1, -0.05) is 38.1 Å². The van der Waals surface area contributed by atoms with E-state index >= 15 is 0 Å². The SMILES string of the molecule is CNS(=O)(=O)N(C)C(CC(C)(C)F)c1ccc(C(C)C)cc1. The fourth-order valence-corrected chi connectivity index (χ4v) is 3.15. The molecule has 6 heteroatoms. The molecule has 1 atom stereocenters. The van der Waals surface area contributed by atoms with Gasteiger partial charge >= 0.3 is 0 Å². The molecule has 0 aromatic heterocycles. The minimum atomic E-state index is -3.63. The van der Waals surface area contributed by atoms with Gasteiger partial charge in [-0.3, -0.25) is 0 Å². The molecule has 0 saturated heterocycles. The lowest BCUT2D eigenvalue weighted by Crippen LogP contribution is -2.40. The molecule has 1 rings (SSSR count). The molecule has 0 spiro atoms. The molecule has 0 amide bonds. The van der Waals surface area contributed by atoms with Crippen LogP contribution in [0.25, 0.3) is 0 Å². The van der Waals surface area contributed by atoms with Crippen LogP contribution in [0.15, 0.2) is 24.3 Å². The van der Waals surface area contributed by atoms with Crippen molar-refractivity contribution in [3.63, 3.8) is 0 Å². The summed E-state index contributed by atoms with van der Waals surface area (Å²) in [7, 11) is -0.804. The predicted molar refractivity (Wildman–Crippen MR) is 88.8 cm³/mol. The zero-order chi connectivity index (χ0) is 17.1. The summed E-state index contributed by atoms with van der Waals surface area (Å²) in [6.07, 6.45) is 0.0887. The van der Waals surface area contributed by atoms with Gasteiger partial charge in [0.1, 0.15) is 5.67 Å². The Bertz CT molecular complexity index is 577. The highest BCUT2D eigenvalue weighted by Crippen LogP contribution is 2.32. The first-order valence-electron chi connectivity index (χ1n) is 7.43. The van der Waals surface area contributed by atoms with E-state index in [0.29, 0.717) is 5.92 Å². The largest absolute Gasteiger partial charge is 0.279 e. The lowest BCUT2D eigenvalue weighted by atomic mass is 9.93. The summed E-state index contributed by atoms with van der Waals surface area (Å²) in [6.45, 7) is 7.11. The summed E-state index contributed by atoms with van der Waals surface area (Å²) < 4.78 is 41.8. The summed E-state index contributed by atoms with van der Waals surface area (Å²) in [5.41, 5.74) is 0.483. The zero-order valence-electron chi connectivity index (χ0n) is 14.2. The molecule has 1 N–H and O–H groups in total. The van der Waals surface area contributed by atoms with Crippen LogP contribution in [-0.4, -0.2) is 32.5 Å². The number of benzene rings is 1. The average molecular weight is 330 g/mol. The Hall–Kier alpha value is -0.980. The molecule has 0 heterocycles. The van der Waals surface area contributed by atoms with Crippen molar-refractivity contribution in [2.24, 2.45) is 0 Å². The van der Waals surface area contributed by atoms with E-state index in [1.54, 1.807) is 0 Å². The monoisotopic (exact) mass is 330 g/mol. The molecule has 126 valence electrons. The van der Waals surface area contributed by atoms with E-state index in [0.717, 1.165) is 5.56 Å². The van der Waals surface area contributed by atoms with Crippen LogP contribution in [0.2, 0.25) is 0 Å². The van der Waals surface area contributed by atoms with E-state index in [4.69, 9.17) is 0 Å². The Labute approximate surface area is 133 Å². The quantitative estimate of drug-likeness (QED) is 0.833. The molecule has 0 aliphatic carbocycles. The third-order valence-corrected chi connectivity index (χ3v) is 5.27. The fraction of sp³-hybridized carbons (Fsp3) is 0.625. The summed E-state index contributed by atoms with van der Waals surface area (Å²) in [6, 6.07) is 7.15. The van der Waals surface area contributed by atoms with Gasteiger partial charge in [0.15, 0.2) is 0 Å². The topological polar surface area (TPSA) is 49.4 Å². The lowest BCUT2D eigenvalue weighted by Gasteiger charge is -2.31. The van der Waals surface area contributed by atoms with Crippen molar-refractivity contribution in [3.05, 3.63) is 35.4 Å². The first-order valence-corrected chi connectivity index (χ1v) is 8.87. The summed E-state index contributed by atoms with van der Waals surface area (Å²) in [5.74, 6) is 0.392. The van der Waals surface area contributed by atoms with Crippen LogP contribution >= 0.6 is 0 Å². The van der Waals surface area contributed by atoms with E-state index in [1.165, 1.54) is 37.8 Å². The molecule has 0 saturated carbocycles. The van der Waals surface area contributed by atoms with Gasteiger partial charge in [-0.15, -0.1) is 0 Å². The number of rotatable bonds is 7. The van der Waals surface area contributed by atoms with Crippen LogP contribution in [0, 0.1) is 0 Å². The molecular formula is C16H27FN2O2S. The van der Waals surface area contributed by atoms with Gasteiger partial charge in [0.05, 0.1) is 6.04 Å². The molecule has 22 heavy (non-hydrogen) atoms. The molecule has 1 aromatic carbocycles. The van der Waals surface area contributed by atoms with Gasteiger partial charge in [0, 0.05) is 20.5 Å². The van der Waals surface area contributed by atoms with Crippen molar-refractivity contribution in [2.75, 3.05) is 14.1 Å². The number of hydrogen-bond donors (Lipinski definition) is 1. The number of nitrogens with one attached hydrogen (secondary N) is 1. The van der Waals surface area contributed by atoms with E-state index < -0.39 is 21.9 Å². The van der Waals surface area contributed by atoms with Crippen molar-refractivity contribution in [1.29, 1.82) is 0 Å². The van der Waals surface area contributed by atoms with Crippen LogP contribution in [-0.2, 0) is 10.2 Å². The summed E-state index contributed by atoms with van der Waals surface area (Å²) in [4.78, 5) is 0. The van der Waals surface area contributed by atoms with E-state index in [1.807, 2.05) is 24.3 Å². The normalized spacial score (nSPS) is 14.6. The maximum Gasteiger partial charge on any atom is 0.279 e. The van der Waals surface area contributed by atoms with Gasteiger partial charge in [-0.2, -0.15) is 12.7 Å². The molecule has 0 fully saturated rings. The highest BCUT2D eigenvalue weighted by molar-refractivity contribution is 7.87. The minimum Gasteiger partial charge on any atom is -0.244 e. The number of nitrogens with zero attached hydrogens (tertiary/aromatic N) is 1. The fourth-order valence-electron chi connectivity index (χ4n) is 2.33. The smallest absolute Gasteiger partial charge is 0.244 e. The lowest BCUT2D eigenvalue weighted by molar-refractivity contribution is 0.158. The van der Waals surface area contributed by atoms with E-state index in [2.05, 4.69) is 18.6 Å². The number of alkyl halides is 1. The number of halogens is 1. The minimum absolute atomic E-state index is 0.0887. The Morgan fingerprint density at radius 2 is 1.64 bits per heavy atom. The Kier molecular flexibility index (Phi) is 6.12. The van der Waals surface area contributed by atoms with Gasteiger partial charge in [-0.25, -0.2) is 9.11 Å². The Morgan fingerprint density at radius 3 is 2.00 bits per heavy atom. The maximum absolute atomic E-state index is 14.1. The van der Waals surface area contributed by atoms with Crippen molar-refractivity contribution >= 4 is 10.2 Å².